The Hall–Kier alpha value is -3.11. The van der Waals surface area contributed by atoms with Gasteiger partial charge < -0.3 is 10.6 Å². The third-order valence-electron chi connectivity index (χ3n) is 3.05. The van der Waals surface area contributed by atoms with Crippen LogP contribution in [-0.2, 0) is 14.6 Å². The van der Waals surface area contributed by atoms with E-state index in [4.69, 9.17) is 10.5 Å². The molecule has 1 aromatic rings. The summed E-state index contributed by atoms with van der Waals surface area (Å²) in [4.78, 5) is 25.0. The van der Waals surface area contributed by atoms with Crippen LogP contribution in [0.2, 0.25) is 0 Å². The number of carbonyl (C=O) groups is 2. The molecule has 10 heteroatoms. The number of benzene rings is 1. The topological polar surface area (TPSA) is 143 Å². The molecular formula is C15H17N5O4S. The lowest BCUT2D eigenvalue weighted by Crippen LogP contribution is -2.51. The summed E-state index contributed by atoms with van der Waals surface area (Å²) >= 11 is 0. The first-order chi connectivity index (χ1) is 11.7. The minimum absolute atomic E-state index is 0.0501. The van der Waals surface area contributed by atoms with Crippen LogP contribution in [0.25, 0.3) is 0 Å². The second-order valence-corrected chi connectivity index (χ2v) is 7.30. The lowest BCUT2D eigenvalue weighted by molar-refractivity contribution is -0.129. The van der Waals surface area contributed by atoms with Crippen LogP contribution in [0.3, 0.4) is 0 Å². The van der Waals surface area contributed by atoms with Gasteiger partial charge in [-0.15, -0.1) is 0 Å². The highest BCUT2D eigenvalue weighted by molar-refractivity contribution is 7.90. The lowest BCUT2D eigenvalue weighted by Gasteiger charge is -2.21. The lowest BCUT2D eigenvalue weighted by atomic mass is 10.2. The number of anilines is 1. The normalized spacial score (nSPS) is 11.5. The average molecular weight is 363 g/mol. The van der Waals surface area contributed by atoms with Gasteiger partial charge in [0.15, 0.2) is 6.19 Å². The summed E-state index contributed by atoms with van der Waals surface area (Å²) in [5.41, 5.74) is 0.762. The number of nitrogens with one attached hydrogen (secondary N) is 2. The van der Waals surface area contributed by atoms with Crippen LogP contribution < -0.4 is 10.6 Å². The molecule has 25 heavy (non-hydrogen) atoms. The predicted molar refractivity (Wildman–Crippen MR) is 89.8 cm³/mol. The number of amides is 3. The second-order valence-electron chi connectivity index (χ2n) is 5.12. The third kappa shape index (κ3) is 6.49. The first-order valence-electron chi connectivity index (χ1n) is 7.16. The SMILES string of the molecule is CCN(C#N)C(=O)C(CS(C)(=O)=O)NC(=O)Nc1ccc(C#N)cc1. The Morgan fingerprint density at radius 2 is 1.84 bits per heavy atom. The van der Waals surface area contributed by atoms with Gasteiger partial charge in [0.2, 0.25) is 0 Å². The Balaban J connectivity index is 2.88. The van der Waals surface area contributed by atoms with Crippen molar-refractivity contribution in [1.29, 1.82) is 10.5 Å². The van der Waals surface area contributed by atoms with Gasteiger partial charge in [0.05, 0.1) is 17.4 Å². The molecule has 0 heterocycles. The van der Waals surface area contributed by atoms with Crippen LogP contribution in [-0.4, -0.2) is 49.9 Å². The molecule has 0 aliphatic rings. The zero-order chi connectivity index (χ0) is 19.0. The zero-order valence-electron chi connectivity index (χ0n) is 13.7. The number of urea groups is 1. The highest BCUT2D eigenvalue weighted by Gasteiger charge is 2.28. The largest absolute Gasteiger partial charge is 0.325 e. The molecule has 3 amide bonds. The van der Waals surface area contributed by atoms with Gasteiger partial charge in [-0.25, -0.2) is 18.1 Å². The molecule has 1 aromatic carbocycles. The Kier molecular flexibility index (Phi) is 6.91. The van der Waals surface area contributed by atoms with Crippen molar-refractivity contribution in [2.24, 2.45) is 0 Å². The van der Waals surface area contributed by atoms with Crippen molar-refractivity contribution in [3.63, 3.8) is 0 Å². The summed E-state index contributed by atoms with van der Waals surface area (Å²) in [5, 5.41) is 22.3. The number of likely N-dealkylation sites (N-methyl/N-ethyl adjacent to an activating group) is 1. The molecule has 0 saturated heterocycles. The number of rotatable bonds is 6. The van der Waals surface area contributed by atoms with E-state index in [1.807, 2.05) is 6.07 Å². The van der Waals surface area contributed by atoms with E-state index in [9.17, 15) is 18.0 Å². The number of nitrogens with zero attached hydrogens (tertiary/aromatic N) is 3. The molecular weight excluding hydrogens is 346 g/mol. The summed E-state index contributed by atoms with van der Waals surface area (Å²) in [5.74, 6) is -1.45. The Morgan fingerprint density at radius 1 is 1.24 bits per heavy atom. The summed E-state index contributed by atoms with van der Waals surface area (Å²) < 4.78 is 23.0. The van der Waals surface area contributed by atoms with Crippen LogP contribution in [0.1, 0.15) is 12.5 Å². The van der Waals surface area contributed by atoms with Gasteiger partial charge in [-0.3, -0.25) is 4.79 Å². The first-order valence-corrected chi connectivity index (χ1v) is 9.22. The number of nitriles is 2. The number of hydrogen-bond acceptors (Lipinski definition) is 6. The molecule has 2 N–H and O–H groups in total. The Bertz CT molecular complexity index is 821. The van der Waals surface area contributed by atoms with Gasteiger partial charge in [-0.05, 0) is 31.2 Å². The van der Waals surface area contributed by atoms with Crippen LogP contribution in [0.4, 0.5) is 10.5 Å². The van der Waals surface area contributed by atoms with Gasteiger partial charge >= 0.3 is 6.03 Å². The van der Waals surface area contributed by atoms with Crippen molar-refractivity contribution in [3.05, 3.63) is 29.8 Å². The van der Waals surface area contributed by atoms with Gasteiger partial charge in [-0.1, -0.05) is 0 Å². The van der Waals surface area contributed by atoms with Gasteiger partial charge in [-0.2, -0.15) is 10.5 Å². The molecule has 0 radical (unpaired) electrons. The maximum atomic E-state index is 12.2. The van der Waals surface area contributed by atoms with Gasteiger partial charge in [0.1, 0.15) is 15.9 Å². The molecule has 0 aliphatic heterocycles. The molecule has 1 rings (SSSR count). The van der Waals surface area contributed by atoms with Crippen molar-refractivity contribution in [2.45, 2.75) is 13.0 Å². The molecule has 0 aliphatic carbocycles. The van der Waals surface area contributed by atoms with Gasteiger partial charge in [0, 0.05) is 18.5 Å². The van der Waals surface area contributed by atoms with E-state index in [1.54, 1.807) is 13.1 Å². The highest BCUT2D eigenvalue weighted by atomic mass is 32.2. The summed E-state index contributed by atoms with van der Waals surface area (Å²) in [7, 11) is -3.58. The maximum absolute atomic E-state index is 12.2. The summed E-state index contributed by atoms with van der Waals surface area (Å²) in [6.45, 7) is 1.60. The molecule has 0 saturated carbocycles. The molecule has 0 bridgehead atoms. The smallest absolute Gasteiger partial charge is 0.319 e. The zero-order valence-corrected chi connectivity index (χ0v) is 14.5. The van der Waals surface area contributed by atoms with Crippen LogP contribution in [0.5, 0.6) is 0 Å². The summed E-state index contributed by atoms with van der Waals surface area (Å²) in [6, 6.07) is 5.68. The van der Waals surface area contributed by atoms with E-state index in [0.717, 1.165) is 11.2 Å². The van der Waals surface area contributed by atoms with E-state index >= 15 is 0 Å². The molecule has 0 spiro atoms. The fourth-order valence-corrected chi connectivity index (χ4v) is 2.73. The average Bonchev–Trinajstić information content (AvgIpc) is 2.54. The van der Waals surface area contributed by atoms with Crippen molar-refractivity contribution in [3.8, 4) is 12.3 Å². The van der Waals surface area contributed by atoms with Gasteiger partial charge in [0.25, 0.3) is 5.91 Å². The monoisotopic (exact) mass is 363 g/mol. The van der Waals surface area contributed by atoms with Crippen molar-refractivity contribution in [1.82, 2.24) is 10.2 Å². The summed E-state index contributed by atoms with van der Waals surface area (Å²) in [6.07, 6.45) is 2.57. The van der Waals surface area contributed by atoms with Crippen LogP contribution in [0.15, 0.2) is 24.3 Å². The number of hydrogen-bond donors (Lipinski definition) is 2. The van der Waals surface area contributed by atoms with Crippen molar-refractivity contribution in [2.75, 3.05) is 23.9 Å². The Labute approximate surface area is 145 Å². The molecule has 1 atom stereocenters. The van der Waals surface area contributed by atoms with Crippen LogP contribution >= 0.6 is 0 Å². The molecule has 0 fully saturated rings. The molecule has 9 nitrogen and oxygen atoms in total. The van der Waals surface area contributed by atoms with E-state index in [2.05, 4.69) is 10.6 Å². The standard InChI is InChI=1S/C15H17N5O4S/c1-3-20(10-17)14(21)13(9-25(2,23)24)19-15(22)18-12-6-4-11(8-16)5-7-12/h4-7,13H,3,9H2,1-2H3,(H2,18,19,22). The second kappa shape index (κ2) is 8.66. The molecule has 1 unspecified atom stereocenters. The van der Waals surface area contributed by atoms with Crippen molar-refractivity contribution < 1.29 is 18.0 Å². The quantitative estimate of drug-likeness (QED) is 0.554. The fourth-order valence-electron chi connectivity index (χ4n) is 1.89. The van der Waals surface area contributed by atoms with E-state index in [0.29, 0.717) is 11.3 Å². The number of carbonyl (C=O) groups excluding carboxylic acids is 2. The van der Waals surface area contributed by atoms with E-state index in [1.165, 1.54) is 24.3 Å². The van der Waals surface area contributed by atoms with E-state index < -0.39 is 33.6 Å². The maximum Gasteiger partial charge on any atom is 0.319 e. The van der Waals surface area contributed by atoms with Crippen molar-refractivity contribution >= 4 is 27.5 Å². The third-order valence-corrected chi connectivity index (χ3v) is 3.99. The highest BCUT2D eigenvalue weighted by Crippen LogP contribution is 2.09. The Morgan fingerprint density at radius 3 is 2.28 bits per heavy atom. The first kappa shape index (κ1) is 19.9. The minimum Gasteiger partial charge on any atom is -0.325 e. The minimum atomic E-state index is -3.58. The fraction of sp³-hybridized carbons (Fsp3) is 0.333. The van der Waals surface area contributed by atoms with Crippen LogP contribution in [0, 0.1) is 22.8 Å². The number of sulfone groups is 1. The predicted octanol–water partition coefficient (Wildman–Crippen LogP) is 0.423. The van der Waals surface area contributed by atoms with E-state index in [-0.39, 0.29) is 6.54 Å². The molecule has 132 valence electrons. The molecule has 0 aromatic heterocycles.